The molecule has 4 radical (unpaired) electrons. The Balaban J connectivity index is 0. The van der Waals surface area contributed by atoms with E-state index in [0.29, 0.717) is 12.3 Å². The van der Waals surface area contributed by atoms with Crippen LogP contribution in [0.15, 0.2) is 0 Å². The number of aliphatic carboxylic acids is 1. The van der Waals surface area contributed by atoms with Crippen molar-refractivity contribution >= 4 is 29.9 Å². The molecule has 3 heteroatoms. The van der Waals surface area contributed by atoms with Crippen molar-refractivity contribution in [3.8, 4) is 0 Å². The Labute approximate surface area is 85.3 Å². The number of hydrogen-bond donors (Lipinski definition) is 1. The van der Waals surface area contributed by atoms with E-state index in [4.69, 9.17) is 5.11 Å². The van der Waals surface area contributed by atoms with Gasteiger partial charge < -0.3 is 5.11 Å². The Morgan fingerprint density at radius 2 is 1.91 bits per heavy atom. The molecule has 11 heavy (non-hydrogen) atoms. The van der Waals surface area contributed by atoms with E-state index in [9.17, 15) is 4.79 Å². The van der Waals surface area contributed by atoms with Gasteiger partial charge in [0.1, 0.15) is 0 Å². The van der Waals surface area contributed by atoms with Crippen LogP contribution in [0.4, 0.5) is 0 Å². The molecule has 0 rings (SSSR count). The van der Waals surface area contributed by atoms with Gasteiger partial charge in [-0.3, -0.25) is 4.79 Å². The molecule has 0 aromatic rings. The van der Waals surface area contributed by atoms with Crippen LogP contribution in [0.5, 0.6) is 0 Å². The Hall–Kier alpha value is 0.269. The monoisotopic (exact) mass is 264 g/mol. The van der Waals surface area contributed by atoms with Crippen molar-refractivity contribution in [2.24, 2.45) is 5.92 Å². The number of carbonyl (C=O) groups is 1. The van der Waals surface area contributed by atoms with Gasteiger partial charge in [0, 0.05) is 30.3 Å². The summed E-state index contributed by atoms with van der Waals surface area (Å²) < 4.78 is 0. The molecule has 64 valence electrons. The van der Waals surface area contributed by atoms with Gasteiger partial charge in [-0.05, 0) is 12.3 Å². The van der Waals surface area contributed by atoms with Crippen LogP contribution in [-0.2, 0) is 4.79 Å². The number of unbranched alkanes of at least 4 members (excludes halogenated alkanes) is 1. The van der Waals surface area contributed by atoms with E-state index in [1.54, 1.807) is 0 Å². The Bertz CT molecular complexity index is 102. The molecular formula is C8H16O2Sn. The van der Waals surface area contributed by atoms with Crippen molar-refractivity contribution in [2.75, 3.05) is 0 Å². The average molecular weight is 263 g/mol. The maximum Gasteiger partial charge on any atom is 0.303 e. The smallest absolute Gasteiger partial charge is 0.303 e. The van der Waals surface area contributed by atoms with E-state index in [1.165, 1.54) is 0 Å². The van der Waals surface area contributed by atoms with Gasteiger partial charge in [0.25, 0.3) is 0 Å². The first-order valence-electron chi connectivity index (χ1n) is 3.84. The third-order valence-corrected chi connectivity index (χ3v) is 1.42. The summed E-state index contributed by atoms with van der Waals surface area (Å²) in [4.78, 5) is 10.0. The third-order valence-electron chi connectivity index (χ3n) is 1.42. The first kappa shape index (κ1) is 13.8. The second kappa shape index (κ2) is 8.37. The molecule has 0 aliphatic heterocycles. The van der Waals surface area contributed by atoms with Gasteiger partial charge in [0.2, 0.25) is 0 Å². The van der Waals surface area contributed by atoms with Crippen molar-refractivity contribution in [1.82, 2.24) is 0 Å². The quantitative estimate of drug-likeness (QED) is 0.607. The van der Waals surface area contributed by atoms with Crippen LogP contribution >= 0.6 is 0 Å². The molecule has 0 atom stereocenters. The summed E-state index contributed by atoms with van der Waals surface area (Å²) in [5.74, 6) is 0.0255. The fourth-order valence-corrected chi connectivity index (χ4v) is 0.829. The van der Waals surface area contributed by atoms with Gasteiger partial charge >= 0.3 is 5.97 Å². The first-order valence-corrected chi connectivity index (χ1v) is 3.84. The van der Waals surface area contributed by atoms with Gasteiger partial charge in [-0.25, -0.2) is 0 Å². The van der Waals surface area contributed by atoms with E-state index in [0.717, 1.165) is 19.3 Å². The number of rotatable bonds is 5. The Kier molecular flexibility index (Phi) is 10.5. The fraction of sp³-hybridized carbons (Fsp3) is 0.875. The summed E-state index contributed by atoms with van der Waals surface area (Å²) in [6, 6.07) is 0. The standard InChI is InChI=1S/C8H16O2.Sn/c1-7(2)5-3-4-6-8(9)10;/h7H,3-6H2,1-2H3,(H,9,10);. The first-order chi connectivity index (χ1) is 4.63. The molecular weight excluding hydrogens is 247 g/mol. The van der Waals surface area contributed by atoms with Gasteiger partial charge in [-0.15, -0.1) is 0 Å². The van der Waals surface area contributed by atoms with E-state index in [-0.39, 0.29) is 23.9 Å². The predicted octanol–water partition coefficient (Wildman–Crippen LogP) is 1.91. The maximum absolute atomic E-state index is 10.0. The fourth-order valence-electron chi connectivity index (χ4n) is 0.829. The van der Waals surface area contributed by atoms with Crippen LogP contribution in [-0.4, -0.2) is 35.0 Å². The van der Waals surface area contributed by atoms with Crippen LogP contribution in [0, 0.1) is 5.92 Å². The zero-order valence-corrected chi connectivity index (χ0v) is 10.1. The third kappa shape index (κ3) is 13.3. The molecule has 0 saturated carbocycles. The molecule has 0 unspecified atom stereocenters. The van der Waals surface area contributed by atoms with Gasteiger partial charge in [0.05, 0.1) is 0 Å². The summed E-state index contributed by atoms with van der Waals surface area (Å²) in [7, 11) is 0. The minimum atomic E-state index is -0.677. The molecule has 2 nitrogen and oxygen atoms in total. The van der Waals surface area contributed by atoms with Gasteiger partial charge in [-0.2, -0.15) is 0 Å². The van der Waals surface area contributed by atoms with E-state index in [2.05, 4.69) is 13.8 Å². The number of carboxylic acid groups (broad SMARTS) is 1. The van der Waals surface area contributed by atoms with Crippen molar-refractivity contribution < 1.29 is 9.90 Å². The molecule has 0 spiro atoms. The summed E-state index contributed by atoms with van der Waals surface area (Å²) in [5, 5.41) is 8.28. The maximum atomic E-state index is 10.0. The summed E-state index contributed by atoms with van der Waals surface area (Å²) in [6.07, 6.45) is 3.34. The zero-order valence-electron chi connectivity index (χ0n) is 7.26. The largest absolute Gasteiger partial charge is 0.481 e. The van der Waals surface area contributed by atoms with Crippen LogP contribution in [0.1, 0.15) is 39.5 Å². The summed E-state index contributed by atoms with van der Waals surface area (Å²) in [6.45, 7) is 4.31. The Morgan fingerprint density at radius 1 is 1.36 bits per heavy atom. The molecule has 0 fully saturated rings. The van der Waals surface area contributed by atoms with E-state index >= 15 is 0 Å². The van der Waals surface area contributed by atoms with E-state index < -0.39 is 5.97 Å². The zero-order chi connectivity index (χ0) is 7.98. The predicted molar refractivity (Wildman–Crippen MR) is 46.7 cm³/mol. The van der Waals surface area contributed by atoms with E-state index in [1.807, 2.05) is 0 Å². The van der Waals surface area contributed by atoms with Gasteiger partial charge in [0.15, 0.2) is 0 Å². The van der Waals surface area contributed by atoms with Crippen LogP contribution in [0.3, 0.4) is 0 Å². The minimum absolute atomic E-state index is 0. The molecule has 0 saturated heterocycles. The number of hydrogen-bond acceptors (Lipinski definition) is 1. The van der Waals surface area contributed by atoms with Crippen molar-refractivity contribution in [2.45, 2.75) is 39.5 Å². The summed E-state index contributed by atoms with van der Waals surface area (Å²) in [5.41, 5.74) is 0. The Morgan fingerprint density at radius 3 is 2.27 bits per heavy atom. The normalized spacial score (nSPS) is 9.36. The second-order valence-electron chi connectivity index (χ2n) is 3.03. The molecule has 0 aromatic carbocycles. The molecule has 0 heterocycles. The van der Waals surface area contributed by atoms with Gasteiger partial charge in [-0.1, -0.05) is 26.7 Å². The molecule has 0 aliphatic carbocycles. The number of carboxylic acids is 1. The SMILES string of the molecule is CC(C)CCCCC(=O)O.[Sn]. The average Bonchev–Trinajstić information content (AvgIpc) is 1.79. The summed E-state index contributed by atoms with van der Waals surface area (Å²) >= 11 is 0. The van der Waals surface area contributed by atoms with Crippen molar-refractivity contribution in [3.05, 3.63) is 0 Å². The van der Waals surface area contributed by atoms with Crippen LogP contribution < -0.4 is 0 Å². The molecule has 0 bridgehead atoms. The molecule has 0 aliphatic rings. The van der Waals surface area contributed by atoms with Crippen LogP contribution in [0.2, 0.25) is 0 Å². The minimum Gasteiger partial charge on any atom is -0.481 e. The molecule has 1 N–H and O–H groups in total. The van der Waals surface area contributed by atoms with Crippen molar-refractivity contribution in [1.29, 1.82) is 0 Å². The second-order valence-corrected chi connectivity index (χ2v) is 3.03. The molecule has 0 amide bonds. The topological polar surface area (TPSA) is 37.3 Å². The molecule has 0 aromatic heterocycles. The van der Waals surface area contributed by atoms with Crippen molar-refractivity contribution in [3.63, 3.8) is 0 Å². The van der Waals surface area contributed by atoms with Crippen LogP contribution in [0.25, 0.3) is 0 Å².